The fraction of sp³-hybridized carbons (Fsp3) is 0.379. The topological polar surface area (TPSA) is 84.0 Å². The van der Waals surface area contributed by atoms with Crippen molar-refractivity contribution >= 4 is 40.9 Å². The van der Waals surface area contributed by atoms with E-state index in [9.17, 15) is 18.0 Å². The summed E-state index contributed by atoms with van der Waals surface area (Å²) < 4.78 is 36.2. The Hall–Kier alpha value is -2.85. The standard InChI is InChI=1S/C29H34N2O5SSi/c1-29(2,3)38(4,5)36-23-17-22(18-30-27(32)25-12-8-9-13-26(25)28(30)33)31(19-23)37(34,35)24-15-14-20-10-6-7-11-21(20)16-24/h6-16,22-23H,17-19H2,1-5H3/t22-,23+/m0/s1. The maximum absolute atomic E-state index is 14.0. The zero-order valence-electron chi connectivity index (χ0n) is 22.5. The average Bonchev–Trinajstić information content (AvgIpc) is 3.37. The number of imide groups is 1. The van der Waals surface area contributed by atoms with Crippen molar-refractivity contribution in [2.75, 3.05) is 13.1 Å². The summed E-state index contributed by atoms with van der Waals surface area (Å²) in [6.07, 6.45) is 0.0820. The lowest BCUT2D eigenvalue weighted by atomic mass is 10.1. The molecule has 0 radical (unpaired) electrons. The van der Waals surface area contributed by atoms with Crippen LogP contribution in [0.2, 0.25) is 18.1 Å². The molecule has 200 valence electrons. The van der Waals surface area contributed by atoms with Crippen LogP contribution in [0.3, 0.4) is 0 Å². The fourth-order valence-corrected chi connectivity index (χ4v) is 8.12. The highest BCUT2D eigenvalue weighted by molar-refractivity contribution is 7.89. The summed E-state index contributed by atoms with van der Waals surface area (Å²) in [4.78, 5) is 27.6. The van der Waals surface area contributed by atoms with Crippen LogP contribution in [0.5, 0.6) is 0 Å². The molecule has 0 aliphatic carbocycles. The minimum atomic E-state index is -3.93. The number of carbonyl (C=O) groups is 2. The lowest BCUT2D eigenvalue weighted by Gasteiger charge is -2.38. The largest absolute Gasteiger partial charge is 0.413 e. The normalized spacial score (nSPS) is 20.9. The molecule has 3 aromatic rings. The Morgan fingerprint density at radius 1 is 0.895 bits per heavy atom. The number of hydrogen-bond donors (Lipinski definition) is 0. The number of rotatable bonds is 6. The van der Waals surface area contributed by atoms with Gasteiger partial charge in [0.25, 0.3) is 11.8 Å². The number of benzene rings is 3. The number of fused-ring (bicyclic) bond motifs is 2. The maximum Gasteiger partial charge on any atom is 0.261 e. The molecule has 9 heteroatoms. The van der Waals surface area contributed by atoms with E-state index in [0.717, 1.165) is 10.8 Å². The van der Waals surface area contributed by atoms with Crippen molar-refractivity contribution in [1.29, 1.82) is 0 Å². The monoisotopic (exact) mass is 550 g/mol. The van der Waals surface area contributed by atoms with Crippen molar-refractivity contribution in [2.45, 2.75) is 62.4 Å². The molecule has 2 amide bonds. The van der Waals surface area contributed by atoms with Gasteiger partial charge in [0.15, 0.2) is 8.32 Å². The molecule has 0 bridgehead atoms. The second kappa shape index (κ2) is 9.41. The van der Waals surface area contributed by atoms with Crippen LogP contribution >= 0.6 is 0 Å². The summed E-state index contributed by atoms with van der Waals surface area (Å²) in [5.74, 6) is -0.773. The van der Waals surface area contributed by atoms with Crippen molar-refractivity contribution in [3.05, 3.63) is 77.9 Å². The second-order valence-electron chi connectivity index (χ2n) is 11.7. The zero-order chi connectivity index (χ0) is 27.5. The van der Waals surface area contributed by atoms with E-state index in [1.165, 1.54) is 9.21 Å². The van der Waals surface area contributed by atoms with E-state index in [0.29, 0.717) is 17.5 Å². The minimum Gasteiger partial charge on any atom is -0.413 e. The number of sulfonamides is 1. The van der Waals surface area contributed by atoms with Crippen molar-refractivity contribution in [2.24, 2.45) is 0 Å². The van der Waals surface area contributed by atoms with Gasteiger partial charge in [-0.1, -0.05) is 63.2 Å². The first-order valence-electron chi connectivity index (χ1n) is 12.9. The van der Waals surface area contributed by atoms with E-state index >= 15 is 0 Å². The fourth-order valence-electron chi connectivity index (χ4n) is 5.06. The van der Waals surface area contributed by atoms with Crippen molar-refractivity contribution in [1.82, 2.24) is 9.21 Å². The molecule has 0 unspecified atom stereocenters. The molecular formula is C29H34N2O5SSi. The lowest BCUT2D eigenvalue weighted by Crippen LogP contribution is -2.45. The number of amides is 2. The number of carbonyl (C=O) groups excluding carboxylic acids is 2. The molecule has 7 nitrogen and oxygen atoms in total. The summed E-state index contributed by atoms with van der Waals surface area (Å²) in [6, 6.07) is 18.9. The quantitative estimate of drug-likeness (QED) is 0.308. The van der Waals surface area contributed by atoms with Crippen molar-refractivity contribution in [3.8, 4) is 0 Å². The van der Waals surface area contributed by atoms with Crippen LogP contribution in [0, 0.1) is 0 Å². The molecule has 2 aliphatic rings. The molecule has 5 rings (SSSR count). The van der Waals surface area contributed by atoms with E-state index in [1.54, 1.807) is 42.5 Å². The van der Waals surface area contributed by atoms with Gasteiger partial charge in [-0.25, -0.2) is 8.42 Å². The molecule has 3 aromatic carbocycles. The first kappa shape index (κ1) is 26.7. The molecule has 2 heterocycles. The number of hydrogen-bond acceptors (Lipinski definition) is 5. The Balaban J connectivity index is 1.49. The van der Waals surface area contributed by atoms with Crippen LogP contribution in [0.15, 0.2) is 71.6 Å². The second-order valence-corrected chi connectivity index (χ2v) is 18.4. The van der Waals surface area contributed by atoms with Crippen LogP contribution in [-0.2, 0) is 14.4 Å². The summed E-state index contributed by atoms with van der Waals surface area (Å²) in [6.45, 7) is 10.9. The van der Waals surface area contributed by atoms with Crippen LogP contribution in [-0.4, -0.2) is 63.0 Å². The van der Waals surface area contributed by atoms with Gasteiger partial charge in [0.2, 0.25) is 10.0 Å². The van der Waals surface area contributed by atoms with Gasteiger partial charge in [-0.15, -0.1) is 0 Å². The molecule has 1 saturated heterocycles. The summed E-state index contributed by atoms with van der Waals surface area (Å²) in [5, 5.41) is 1.74. The summed E-state index contributed by atoms with van der Waals surface area (Å²) >= 11 is 0. The van der Waals surface area contributed by atoms with E-state index in [4.69, 9.17) is 4.43 Å². The Morgan fingerprint density at radius 2 is 1.47 bits per heavy atom. The predicted octanol–water partition coefficient (Wildman–Crippen LogP) is 5.29. The van der Waals surface area contributed by atoms with E-state index in [-0.39, 0.29) is 40.9 Å². The van der Waals surface area contributed by atoms with Crippen LogP contribution in [0.4, 0.5) is 0 Å². The van der Waals surface area contributed by atoms with Gasteiger partial charge in [-0.05, 0) is 59.6 Å². The van der Waals surface area contributed by atoms with Gasteiger partial charge in [0, 0.05) is 19.1 Å². The summed E-state index contributed by atoms with van der Waals surface area (Å²) in [7, 11) is -6.12. The highest BCUT2D eigenvalue weighted by Crippen LogP contribution is 2.40. The molecule has 2 aliphatic heterocycles. The van der Waals surface area contributed by atoms with Gasteiger partial charge >= 0.3 is 0 Å². The van der Waals surface area contributed by atoms with Crippen LogP contribution < -0.4 is 0 Å². The van der Waals surface area contributed by atoms with Gasteiger partial charge in [-0.2, -0.15) is 4.31 Å². The Labute approximate surface area is 225 Å². The molecule has 0 aromatic heterocycles. The molecule has 0 spiro atoms. The van der Waals surface area contributed by atoms with Crippen LogP contribution in [0.1, 0.15) is 47.9 Å². The first-order chi connectivity index (χ1) is 17.8. The minimum absolute atomic E-state index is 0.0173. The molecule has 0 N–H and O–H groups in total. The van der Waals surface area contributed by atoms with Gasteiger partial charge < -0.3 is 4.43 Å². The van der Waals surface area contributed by atoms with Gasteiger partial charge in [-0.3, -0.25) is 14.5 Å². The maximum atomic E-state index is 14.0. The SMILES string of the molecule is CC(C)(C)[Si](C)(C)O[C@@H]1C[C@@H](CN2C(=O)c3ccccc3C2=O)N(S(=O)(=O)c2ccc3ccccc3c2)C1. The Kier molecular flexibility index (Phi) is 6.62. The van der Waals surface area contributed by atoms with Gasteiger partial charge in [0.1, 0.15) is 0 Å². The highest BCUT2D eigenvalue weighted by Gasteiger charge is 2.48. The number of nitrogens with zero attached hydrogens (tertiary/aromatic N) is 2. The Morgan fingerprint density at radius 3 is 2.08 bits per heavy atom. The summed E-state index contributed by atoms with van der Waals surface area (Å²) in [5.41, 5.74) is 0.710. The first-order valence-corrected chi connectivity index (χ1v) is 17.3. The lowest BCUT2D eigenvalue weighted by molar-refractivity contribution is 0.0627. The zero-order valence-corrected chi connectivity index (χ0v) is 24.3. The molecule has 1 fully saturated rings. The predicted molar refractivity (Wildman–Crippen MR) is 150 cm³/mol. The third-order valence-corrected chi connectivity index (χ3v) is 14.6. The Bertz CT molecular complexity index is 1490. The van der Waals surface area contributed by atoms with Crippen molar-refractivity contribution < 1.29 is 22.4 Å². The third-order valence-electron chi connectivity index (χ3n) is 8.19. The smallest absolute Gasteiger partial charge is 0.261 e. The average molecular weight is 551 g/mol. The van der Waals surface area contributed by atoms with Crippen molar-refractivity contribution in [3.63, 3.8) is 0 Å². The third kappa shape index (κ3) is 4.62. The molecule has 38 heavy (non-hydrogen) atoms. The molecular weight excluding hydrogens is 516 g/mol. The highest BCUT2D eigenvalue weighted by atomic mass is 32.2. The molecule has 0 saturated carbocycles. The van der Waals surface area contributed by atoms with E-state index in [1.807, 2.05) is 24.3 Å². The van der Waals surface area contributed by atoms with Gasteiger partial charge in [0.05, 0.1) is 22.1 Å². The van der Waals surface area contributed by atoms with E-state index < -0.39 is 24.4 Å². The van der Waals surface area contributed by atoms with E-state index in [2.05, 4.69) is 33.9 Å². The van der Waals surface area contributed by atoms with Crippen LogP contribution in [0.25, 0.3) is 10.8 Å². The molecule has 2 atom stereocenters.